The van der Waals surface area contributed by atoms with Crippen LogP contribution in [0.25, 0.3) is 22.1 Å². The molecular weight excluding hydrogens is 355 g/mol. The lowest BCUT2D eigenvalue weighted by Crippen LogP contribution is -2.44. The fourth-order valence-corrected chi connectivity index (χ4v) is 3.46. The van der Waals surface area contributed by atoms with E-state index in [9.17, 15) is 9.18 Å². The molecule has 1 fully saturated rings. The van der Waals surface area contributed by atoms with Crippen molar-refractivity contribution in [3.8, 4) is 11.1 Å². The normalized spacial score (nSPS) is 15.6. The van der Waals surface area contributed by atoms with Crippen molar-refractivity contribution in [1.82, 2.24) is 4.90 Å². The van der Waals surface area contributed by atoms with Crippen LogP contribution in [-0.2, 0) is 0 Å². The molecule has 4 rings (SSSR count). The van der Waals surface area contributed by atoms with E-state index in [0.717, 1.165) is 31.9 Å². The minimum Gasteiger partial charge on any atom is -0.422 e. The minimum atomic E-state index is -0.505. The number of piperazine rings is 1. The molecule has 2 aromatic carbocycles. The molecule has 0 saturated carbocycles. The number of benzene rings is 2. The quantitative estimate of drug-likeness (QED) is 0.637. The molecule has 0 bridgehead atoms. The van der Waals surface area contributed by atoms with Gasteiger partial charge in [0.2, 0.25) is 0 Å². The van der Waals surface area contributed by atoms with E-state index in [-0.39, 0.29) is 11.0 Å². The van der Waals surface area contributed by atoms with Crippen molar-refractivity contribution in [2.24, 2.45) is 0 Å². The predicted molar refractivity (Wildman–Crippen MR) is 103 cm³/mol. The Morgan fingerprint density at radius 1 is 1.08 bits per heavy atom. The van der Waals surface area contributed by atoms with E-state index in [4.69, 9.17) is 16.0 Å². The first kappa shape index (κ1) is 17.1. The van der Waals surface area contributed by atoms with Crippen LogP contribution in [0.1, 0.15) is 0 Å². The summed E-state index contributed by atoms with van der Waals surface area (Å²) in [6.45, 7) is 3.45. The van der Waals surface area contributed by atoms with Gasteiger partial charge in [-0.1, -0.05) is 23.7 Å². The average Bonchev–Trinajstić information content (AvgIpc) is 2.61. The van der Waals surface area contributed by atoms with Crippen LogP contribution in [0.2, 0.25) is 5.02 Å². The number of nitrogens with zero attached hydrogens (tertiary/aromatic N) is 2. The second-order valence-corrected chi connectivity index (χ2v) is 7.02. The van der Waals surface area contributed by atoms with Crippen LogP contribution < -0.4 is 10.5 Å². The summed E-state index contributed by atoms with van der Waals surface area (Å²) < 4.78 is 20.2. The van der Waals surface area contributed by atoms with E-state index < -0.39 is 11.4 Å². The zero-order valence-corrected chi connectivity index (χ0v) is 15.1. The molecule has 1 aromatic heterocycles. The van der Waals surface area contributed by atoms with E-state index in [1.807, 2.05) is 0 Å². The number of likely N-dealkylation sites (N-methyl/N-ethyl adjacent to an activating group) is 1. The van der Waals surface area contributed by atoms with Gasteiger partial charge in [0.25, 0.3) is 0 Å². The highest BCUT2D eigenvalue weighted by atomic mass is 35.5. The van der Waals surface area contributed by atoms with Gasteiger partial charge in [-0.25, -0.2) is 9.18 Å². The summed E-state index contributed by atoms with van der Waals surface area (Å²) in [6, 6.07) is 11.7. The average molecular weight is 373 g/mol. The molecule has 0 aliphatic carbocycles. The van der Waals surface area contributed by atoms with Crippen LogP contribution in [0.3, 0.4) is 0 Å². The third-order valence-corrected chi connectivity index (χ3v) is 5.03. The number of anilines is 1. The lowest BCUT2D eigenvalue weighted by atomic mass is 10.1. The second kappa shape index (κ2) is 6.74. The molecule has 0 amide bonds. The number of fused-ring (bicyclic) bond motifs is 1. The Kier molecular flexibility index (Phi) is 4.42. The molecule has 2 heterocycles. The predicted octanol–water partition coefficient (Wildman–Crippen LogP) is 4.00. The monoisotopic (exact) mass is 372 g/mol. The van der Waals surface area contributed by atoms with E-state index in [0.29, 0.717) is 16.1 Å². The van der Waals surface area contributed by atoms with Crippen LogP contribution in [0.5, 0.6) is 0 Å². The van der Waals surface area contributed by atoms with Crippen LogP contribution in [0.4, 0.5) is 10.1 Å². The Morgan fingerprint density at radius 3 is 2.58 bits per heavy atom. The largest absolute Gasteiger partial charge is 0.422 e. The molecule has 1 saturated heterocycles. The number of hydrogen-bond acceptors (Lipinski definition) is 4. The van der Waals surface area contributed by atoms with Gasteiger partial charge in [-0.2, -0.15) is 0 Å². The molecule has 0 unspecified atom stereocenters. The summed E-state index contributed by atoms with van der Waals surface area (Å²) in [4.78, 5) is 16.8. The fourth-order valence-electron chi connectivity index (χ4n) is 3.27. The van der Waals surface area contributed by atoms with Gasteiger partial charge in [0.05, 0.1) is 10.9 Å². The summed E-state index contributed by atoms with van der Waals surface area (Å²) in [5, 5.41) is 0.797. The van der Waals surface area contributed by atoms with Gasteiger partial charge >= 0.3 is 5.63 Å². The first-order valence-corrected chi connectivity index (χ1v) is 8.86. The van der Waals surface area contributed by atoms with E-state index >= 15 is 0 Å². The highest BCUT2D eigenvalue weighted by Crippen LogP contribution is 2.29. The summed E-state index contributed by atoms with van der Waals surface area (Å²) in [5.41, 5.74) is 1.40. The number of halogens is 2. The highest BCUT2D eigenvalue weighted by molar-refractivity contribution is 6.30. The van der Waals surface area contributed by atoms with Gasteiger partial charge in [-0.15, -0.1) is 0 Å². The topological polar surface area (TPSA) is 36.7 Å². The van der Waals surface area contributed by atoms with Crippen molar-refractivity contribution in [1.29, 1.82) is 0 Å². The van der Waals surface area contributed by atoms with Crippen molar-refractivity contribution >= 4 is 28.3 Å². The van der Waals surface area contributed by atoms with Crippen LogP contribution in [0, 0.1) is 5.82 Å². The van der Waals surface area contributed by atoms with Crippen LogP contribution >= 0.6 is 11.6 Å². The molecule has 0 atom stereocenters. The smallest absolute Gasteiger partial charge is 0.344 e. The first-order valence-electron chi connectivity index (χ1n) is 8.48. The van der Waals surface area contributed by atoms with Gasteiger partial charge in [0.15, 0.2) is 0 Å². The molecule has 3 aromatic rings. The molecule has 6 heteroatoms. The maximum Gasteiger partial charge on any atom is 0.344 e. The van der Waals surface area contributed by atoms with E-state index in [2.05, 4.69) is 16.8 Å². The maximum absolute atomic E-state index is 14.8. The molecule has 0 spiro atoms. The molecule has 0 radical (unpaired) electrons. The van der Waals surface area contributed by atoms with Crippen molar-refractivity contribution < 1.29 is 8.81 Å². The Bertz CT molecular complexity index is 1030. The van der Waals surface area contributed by atoms with Crippen LogP contribution in [-0.4, -0.2) is 38.1 Å². The molecule has 1 aliphatic rings. The third kappa shape index (κ3) is 3.20. The SMILES string of the molecule is CN1CCN(c2cc(F)c3cc(-c4cccc(Cl)c4)c(=O)oc3c2)CC1. The van der Waals surface area contributed by atoms with Gasteiger partial charge in [-0.3, -0.25) is 0 Å². The Balaban J connectivity index is 1.79. The molecule has 4 nitrogen and oxygen atoms in total. The van der Waals surface area contributed by atoms with Gasteiger partial charge < -0.3 is 14.2 Å². The maximum atomic E-state index is 14.8. The van der Waals surface area contributed by atoms with Crippen molar-refractivity contribution in [3.05, 3.63) is 63.7 Å². The van der Waals surface area contributed by atoms with Crippen molar-refractivity contribution in [2.45, 2.75) is 0 Å². The third-order valence-electron chi connectivity index (χ3n) is 4.79. The van der Waals surface area contributed by atoms with Gasteiger partial charge in [0.1, 0.15) is 11.4 Å². The standard InChI is InChI=1S/C20H18ClFN2O2/c1-23-5-7-24(8-6-23)15-10-18(22)17-12-16(20(25)26-19(17)11-15)13-3-2-4-14(21)9-13/h2-4,9-12H,5-8H2,1H3. The Labute approximate surface area is 155 Å². The summed E-state index contributed by atoms with van der Waals surface area (Å²) in [5.74, 6) is -0.400. The lowest BCUT2D eigenvalue weighted by Gasteiger charge is -2.34. The second-order valence-electron chi connectivity index (χ2n) is 6.59. The lowest BCUT2D eigenvalue weighted by molar-refractivity contribution is 0.313. The van der Waals surface area contributed by atoms with Gasteiger partial charge in [0, 0.05) is 43.0 Å². The van der Waals surface area contributed by atoms with E-state index in [1.165, 1.54) is 12.1 Å². The molecule has 134 valence electrons. The van der Waals surface area contributed by atoms with Crippen LogP contribution in [0.15, 0.2) is 51.7 Å². The number of hydrogen-bond donors (Lipinski definition) is 0. The van der Waals surface area contributed by atoms with Gasteiger partial charge in [-0.05, 0) is 36.9 Å². The van der Waals surface area contributed by atoms with Crippen molar-refractivity contribution in [3.63, 3.8) is 0 Å². The first-order chi connectivity index (χ1) is 12.5. The molecule has 0 N–H and O–H groups in total. The Morgan fingerprint density at radius 2 is 1.85 bits per heavy atom. The minimum absolute atomic E-state index is 0.259. The summed E-state index contributed by atoms with van der Waals surface area (Å²) in [7, 11) is 2.06. The molecule has 26 heavy (non-hydrogen) atoms. The Hall–Kier alpha value is -2.37. The van der Waals surface area contributed by atoms with E-state index in [1.54, 1.807) is 30.3 Å². The number of rotatable bonds is 2. The fraction of sp³-hybridized carbons (Fsp3) is 0.250. The van der Waals surface area contributed by atoms with Crippen molar-refractivity contribution in [2.75, 3.05) is 38.1 Å². The highest BCUT2D eigenvalue weighted by Gasteiger charge is 2.18. The summed E-state index contributed by atoms with van der Waals surface area (Å²) >= 11 is 6.00. The zero-order valence-electron chi connectivity index (χ0n) is 14.3. The summed E-state index contributed by atoms with van der Waals surface area (Å²) in [6.07, 6.45) is 0. The molecule has 1 aliphatic heterocycles. The molecular formula is C20H18ClFN2O2. The zero-order chi connectivity index (χ0) is 18.3.